The van der Waals surface area contributed by atoms with E-state index in [1.807, 2.05) is 0 Å². The maximum Gasteiger partial charge on any atom is 0.422 e. The summed E-state index contributed by atoms with van der Waals surface area (Å²) in [6, 6.07) is 11.7. The molecule has 13 heteroatoms. The molecular formula is C25H19CdCl2F4N2O4-. The molecule has 3 rings (SSSR count). The molecule has 3 aromatic carbocycles. The number of aliphatic hydroxyl groups is 1. The fraction of sp³-hybridized carbons (Fsp3) is 0.200. The molecule has 6 nitrogen and oxygen atoms in total. The van der Waals surface area contributed by atoms with Crippen LogP contribution in [0.1, 0.15) is 20.7 Å². The maximum atomic E-state index is 14.1. The predicted molar refractivity (Wildman–Crippen MR) is 131 cm³/mol. The topological polar surface area (TPSA) is 80.9 Å². The van der Waals surface area contributed by atoms with Gasteiger partial charge in [-0.1, -0.05) is 47.1 Å². The molecular weight excluding hydrogens is 652 g/mol. The van der Waals surface area contributed by atoms with E-state index in [0.29, 0.717) is 0 Å². The molecule has 0 fully saturated rings. The van der Waals surface area contributed by atoms with Crippen molar-refractivity contribution in [2.45, 2.75) is 6.18 Å². The van der Waals surface area contributed by atoms with E-state index in [2.05, 4.69) is 5.32 Å². The van der Waals surface area contributed by atoms with Crippen molar-refractivity contribution < 1.29 is 64.3 Å². The summed E-state index contributed by atoms with van der Waals surface area (Å²) in [5, 5.41) is 12.8. The van der Waals surface area contributed by atoms with Crippen molar-refractivity contribution in [2.75, 3.05) is 26.8 Å². The average Bonchev–Trinajstić information content (AvgIpc) is 2.83. The summed E-state index contributed by atoms with van der Waals surface area (Å²) in [6.07, 6.45) is -4.70. The smallest absolute Gasteiger partial charge is 0.422 e. The minimum Gasteiger partial charge on any atom is -0.620 e. The standard InChI is InChI=1S/C25H20Cl2F4N2O4.Cd/c1-33(9-10-34)24(36)15-5-7-17(26)16(11-15)14-6-8-20(21(12-14)37-13-25(29,30)31)32-23(35)22-18(27)3-2-4-19(22)28;/h2-8,11-12,34H,9-10,13H2,1H3,(H,32,35);/p-1. The Balaban J connectivity index is 0.00000507. The minimum absolute atomic E-state index is 0. The second kappa shape index (κ2) is 13.6. The van der Waals surface area contributed by atoms with Crippen LogP contribution in [0.4, 0.5) is 23.2 Å². The largest absolute Gasteiger partial charge is 0.620 e. The Bertz CT molecular complexity index is 1300. The van der Waals surface area contributed by atoms with Crippen LogP contribution in [0.25, 0.3) is 16.4 Å². The van der Waals surface area contributed by atoms with Gasteiger partial charge in [0.15, 0.2) is 6.61 Å². The summed E-state index contributed by atoms with van der Waals surface area (Å²) in [5.41, 5.74) is -0.0837. The Morgan fingerprint density at radius 3 is 2.39 bits per heavy atom. The molecule has 0 saturated heterocycles. The molecule has 0 bridgehead atoms. The summed E-state index contributed by atoms with van der Waals surface area (Å²) < 4.78 is 57.8. The fourth-order valence-electron chi connectivity index (χ4n) is 3.27. The van der Waals surface area contributed by atoms with E-state index >= 15 is 0 Å². The Morgan fingerprint density at radius 1 is 1.05 bits per heavy atom. The number of carbonyl (C=O) groups excluding carboxylic acids is 2. The van der Waals surface area contributed by atoms with E-state index in [0.717, 1.165) is 6.07 Å². The van der Waals surface area contributed by atoms with Crippen LogP contribution in [0.2, 0.25) is 10.0 Å². The Hall–Kier alpha value is -2.42. The molecule has 0 aliphatic heterocycles. The van der Waals surface area contributed by atoms with Gasteiger partial charge in [-0.05, 0) is 42.0 Å². The monoisotopic (exact) mass is 671 g/mol. The summed E-state index contributed by atoms with van der Waals surface area (Å²) in [6.45, 7) is -1.85. The third-order valence-electron chi connectivity index (χ3n) is 5.06. The van der Waals surface area contributed by atoms with Crippen molar-refractivity contribution in [1.29, 1.82) is 0 Å². The molecule has 1 N–H and O–H groups in total. The summed E-state index contributed by atoms with van der Waals surface area (Å²) >= 11 is 12.2. The third-order valence-corrected chi connectivity index (χ3v) is 5.70. The minimum atomic E-state index is -4.70. The first-order valence-electron chi connectivity index (χ1n) is 10.6. The van der Waals surface area contributed by atoms with Gasteiger partial charge in [0, 0.05) is 57.0 Å². The molecule has 0 aromatic heterocycles. The van der Waals surface area contributed by atoms with Crippen LogP contribution >= 0.6 is 23.2 Å². The number of hydrogen-bond donors (Lipinski definition) is 1. The molecule has 38 heavy (non-hydrogen) atoms. The van der Waals surface area contributed by atoms with E-state index in [4.69, 9.17) is 33.0 Å². The molecule has 0 unspecified atom stereocenters. The second-order valence-electron chi connectivity index (χ2n) is 7.74. The molecule has 0 spiro atoms. The molecule has 0 aliphatic rings. The quantitative estimate of drug-likeness (QED) is 0.215. The van der Waals surface area contributed by atoms with Crippen LogP contribution < -0.4 is 4.74 Å². The summed E-state index contributed by atoms with van der Waals surface area (Å²) in [5.74, 6) is -2.92. The van der Waals surface area contributed by atoms with Crippen LogP contribution in [0.5, 0.6) is 5.75 Å². The molecule has 3 aromatic rings. The maximum absolute atomic E-state index is 14.1. The number of aliphatic hydroxyl groups excluding tert-OH is 1. The Morgan fingerprint density at radius 2 is 1.76 bits per heavy atom. The number of hydrogen-bond acceptors (Lipinski definition) is 4. The van der Waals surface area contributed by atoms with Crippen LogP contribution in [0, 0.1) is 5.82 Å². The van der Waals surface area contributed by atoms with Gasteiger partial charge in [-0.3, -0.25) is 4.79 Å². The number of likely N-dealkylation sites (N-methyl/N-ethyl adjacent to an activating group) is 1. The van der Waals surface area contributed by atoms with Gasteiger partial charge in [-0.15, -0.1) is 0 Å². The van der Waals surface area contributed by atoms with Gasteiger partial charge in [0.05, 0.1) is 23.1 Å². The molecule has 0 saturated carbocycles. The van der Waals surface area contributed by atoms with Crippen molar-refractivity contribution in [3.05, 3.63) is 86.9 Å². The van der Waals surface area contributed by atoms with E-state index in [1.54, 1.807) is 0 Å². The van der Waals surface area contributed by atoms with Gasteiger partial charge in [0.25, 0.3) is 5.91 Å². The predicted octanol–water partition coefficient (Wildman–Crippen LogP) is 6.65. The van der Waals surface area contributed by atoms with Crippen molar-refractivity contribution in [3.63, 3.8) is 0 Å². The van der Waals surface area contributed by atoms with Gasteiger partial charge in [-0.25, -0.2) is 4.39 Å². The number of alkyl halides is 3. The Kier molecular flexibility index (Phi) is 11.4. The fourth-order valence-corrected chi connectivity index (χ4v) is 3.74. The van der Waals surface area contributed by atoms with Gasteiger partial charge >= 0.3 is 6.18 Å². The second-order valence-corrected chi connectivity index (χ2v) is 8.56. The van der Waals surface area contributed by atoms with E-state index in [-0.39, 0.29) is 72.9 Å². The van der Waals surface area contributed by atoms with E-state index in [1.165, 1.54) is 60.5 Å². The van der Waals surface area contributed by atoms with Crippen molar-refractivity contribution in [2.24, 2.45) is 0 Å². The number of nitrogens with zero attached hydrogens (tertiary/aromatic N) is 2. The summed E-state index contributed by atoms with van der Waals surface area (Å²) in [4.78, 5) is 26.5. The van der Waals surface area contributed by atoms with Crippen molar-refractivity contribution in [1.82, 2.24) is 4.90 Å². The van der Waals surface area contributed by atoms with Crippen LogP contribution in [0.3, 0.4) is 0 Å². The number of carbonyl (C=O) groups is 2. The van der Waals surface area contributed by atoms with Crippen LogP contribution in [0.15, 0.2) is 54.6 Å². The summed E-state index contributed by atoms with van der Waals surface area (Å²) in [7, 11) is 1.49. The number of amides is 2. The van der Waals surface area contributed by atoms with Gasteiger partial charge in [-0.2, -0.15) is 13.2 Å². The normalized spacial score (nSPS) is 10.9. The van der Waals surface area contributed by atoms with Gasteiger partial charge in [0.2, 0.25) is 0 Å². The number of rotatable bonds is 8. The molecule has 0 aliphatic carbocycles. The first kappa shape index (κ1) is 31.8. The Labute approximate surface area is 245 Å². The first-order chi connectivity index (χ1) is 17.4. The molecule has 0 heterocycles. The third kappa shape index (κ3) is 8.04. The van der Waals surface area contributed by atoms with E-state index < -0.39 is 41.7 Å². The van der Waals surface area contributed by atoms with E-state index in [9.17, 15) is 27.2 Å². The number of ether oxygens (including phenoxy) is 1. The van der Waals surface area contributed by atoms with Gasteiger partial charge in [0.1, 0.15) is 11.6 Å². The molecule has 198 valence electrons. The van der Waals surface area contributed by atoms with Crippen LogP contribution in [-0.4, -0.2) is 54.8 Å². The van der Waals surface area contributed by atoms with Crippen molar-refractivity contribution >= 4 is 40.7 Å². The number of halogens is 6. The average molecular weight is 671 g/mol. The SMILES string of the molecule is CN(CCO)C(=O)c1ccc(Cl)c(-c2ccc([N-]C(=O)c3c(F)cccc3Cl)c(OCC(F)(F)F)c2)c1.[Cd]. The number of benzene rings is 3. The zero-order valence-electron chi connectivity index (χ0n) is 19.9. The van der Waals surface area contributed by atoms with Crippen LogP contribution in [-0.2, 0) is 27.3 Å². The van der Waals surface area contributed by atoms with Crippen molar-refractivity contribution in [3.8, 4) is 16.9 Å². The first-order valence-corrected chi connectivity index (χ1v) is 11.4. The zero-order valence-corrected chi connectivity index (χ0v) is 25.4. The molecule has 0 radical (unpaired) electrons. The molecule has 0 atom stereocenters. The van der Waals surface area contributed by atoms with Gasteiger partial charge < -0.3 is 24.9 Å². The zero-order chi connectivity index (χ0) is 27.3. The molecule has 2 amide bonds.